The van der Waals surface area contributed by atoms with Crippen LogP contribution in [0.15, 0.2) is 30.4 Å². The maximum Gasteiger partial charge on any atom is 0.327 e. The summed E-state index contributed by atoms with van der Waals surface area (Å²) >= 11 is 0. The van der Waals surface area contributed by atoms with E-state index in [0.717, 1.165) is 57.8 Å². The van der Waals surface area contributed by atoms with E-state index in [1.807, 2.05) is 13.8 Å². The number of unbranched alkanes of at least 4 members (excludes halogenated alkanes) is 4. The van der Waals surface area contributed by atoms with E-state index < -0.39 is 0 Å². The van der Waals surface area contributed by atoms with Crippen molar-refractivity contribution >= 4 is 11.9 Å². The number of aliphatic hydroxyl groups is 1. The number of fused-ring (bicyclic) bond motifs is 5. The second kappa shape index (κ2) is 14.1. The number of carbonyl (C=O) groups excluding carboxylic acids is 2. The second-order valence-electron chi connectivity index (χ2n) is 15.4. The standard InChI is InChI=1S/C39H60N2O3/c1-7-15-29(37(43)41-28(4)27(3)40(6)38(41)44)16-13-11-9-8-10-12-14-17-30-25-31-24-26(2)18-19-32(31)33-22-23-39(5)34(36(30)33)20-21-35(39)42/h12,14,18-19,24,27-30,33-36,42H,7-11,13,15-17,20-23,25H2,1-6H3/t27-,28+,29-,30+,33?,34?,35-,36?,39-/m0/s1. The van der Waals surface area contributed by atoms with E-state index in [1.54, 1.807) is 23.1 Å². The molecule has 1 N–H and O–H groups in total. The molecule has 5 nitrogen and oxygen atoms in total. The van der Waals surface area contributed by atoms with Crippen LogP contribution in [0.2, 0.25) is 0 Å². The summed E-state index contributed by atoms with van der Waals surface area (Å²) in [7, 11) is 1.80. The summed E-state index contributed by atoms with van der Waals surface area (Å²) in [5.74, 6) is 2.65. The summed E-state index contributed by atoms with van der Waals surface area (Å²) in [6.45, 7) is 10.8. The number of aliphatic hydroxyl groups excluding tert-OH is 1. The van der Waals surface area contributed by atoms with Crippen LogP contribution in [0.4, 0.5) is 4.79 Å². The quantitative estimate of drug-likeness (QED) is 0.192. The van der Waals surface area contributed by atoms with E-state index in [0.29, 0.717) is 23.7 Å². The molecule has 1 aromatic rings. The van der Waals surface area contributed by atoms with Crippen molar-refractivity contribution in [3.05, 3.63) is 47.0 Å². The second-order valence-corrected chi connectivity index (χ2v) is 15.4. The van der Waals surface area contributed by atoms with Crippen LogP contribution in [-0.2, 0) is 11.2 Å². The first kappa shape index (κ1) is 33.2. The predicted molar refractivity (Wildman–Crippen MR) is 179 cm³/mol. The molecule has 0 radical (unpaired) electrons. The van der Waals surface area contributed by atoms with Crippen LogP contribution in [0.25, 0.3) is 0 Å². The first-order chi connectivity index (χ1) is 21.1. The number of carbonyl (C=O) groups is 2. The Balaban J connectivity index is 1.09. The Morgan fingerprint density at radius 3 is 2.57 bits per heavy atom. The summed E-state index contributed by atoms with van der Waals surface area (Å²) in [4.78, 5) is 29.3. The van der Waals surface area contributed by atoms with Gasteiger partial charge in [0.25, 0.3) is 0 Å². The number of nitrogens with zero attached hydrogens (tertiary/aromatic N) is 2. The lowest BCUT2D eigenvalue weighted by Gasteiger charge is -2.53. The Hall–Kier alpha value is -2.14. The first-order valence-electron chi connectivity index (χ1n) is 18.1. The van der Waals surface area contributed by atoms with Gasteiger partial charge in [-0.25, -0.2) is 4.79 Å². The fourth-order valence-electron chi connectivity index (χ4n) is 9.80. The normalized spacial score (nSPS) is 33.9. The van der Waals surface area contributed by atoms with E-state index in [1.165, 1.54) is 42.6 Å². The van der Waals surface area contributed by atoms with Crippen LogP contribution in [0.3, 0.4) is 0 Å². The molecule has 3 aliphatic carbocycles. The van der Waals surface area contributed by atoms with Gasteiger partial charge in [-0.05, 0) is 125 Å². The fourth-order valence-corrected chi connectivity index (χ4v) is 9.80. The van der Waals surface area contributed by atoms with E-state index in [4.69, 9.17) is 0 Å². The van der Waals surface area contributed by atoms with Gasteiger partial charge in [0.15, 0.2) is 0 Å². The minimum atomic E-state index is -0.135. The highest BCUT2D eigenvalue weighted by Gasteiger charge is 2.56. The predicted octanol–water partition coefficient (Wildman–Crippen LogP) is 8.81. The van der Waals surface area contributed by atoms with Crippen LogP contribution in [0.5, 0.6) is 0 Å². The molecule has 1 saturated heterocycles. The zero-order chi connectivity index (χ0) is 31.6. The maximum absolute atomic E-state index is 13.3. The summed E-state index contributed by atoms with van der Waals surface area (Å²) in [5.41, 5.74) is 4.66. The van der Waals surface area contributed by atoms with E-state index in [-0.39, 0.29) is 41.5 Å². The van der Waals surface area contributed by atoms with Gasteiger partial charge in [-0.15, -0.1) is 0 Å². The minimum Gasteiger partial charge on any atom is -0.393 e. The monoisotopic (exact) mass is 604 g/mol. The summed E-state index contributed by atoms with van der Waals surface area (Å²) in [6, 6.07) is 7.05. The highest BCUT2D eigenvalue weighted by atomic mass is 16.3. The van der Waals surface area contributed by atoms with Crippen molar-refractivity contribution < 1.29 is 14.7 Å². The third-order valence-electron chi connectivity index (χ3n) is 12.7. The molecule has 3 fully saturated rings. The van der Waals surface area contributed by atoms with Crippen molar-refractivity contribution in [3.63, 3.8) is 0 Å². The number of allylic oxidation sites excluding steroid dienone is 2. The highest BCUT2D eigenvalue weighted by Crippen LogP contribution is 2.62. The number of amides is 3. The number of urea groups is 1. The lowest BCUT2D eigenvalue weighted by atomic mass is 9.52. The van der Waals surface area contributed by atoms with Crippen molar-refractivity contribution in [1.29, 1.82) is 0 Å². The molecule has 3 amide bonds. The molecule has 0 spiro atoms. The number of imide groups is 1. The van der Waals surface area contributed by atoms with E-state index in [9.17, 15) is 14.7 Å². The Bertz CT molecular complexity index is 1190. The van der Waals surface area contributed by atoms with Gasteiger partial charge in [-0.2, -0.15) is 0 Å². The van der Waals surface area contributed by atoms with Gasteiger partial charge in [-0.1, -0.05) is 75.4 Å². The molecular weight excluding hydrogens is 544 g/mol. The van der Waals surface area contributed by atoms with Gasteiger partial charge in [0.2, 0.25) is 5.91 Å². The number of hydrogen-bond acceptors (Lipinski definition) is 3. The van der Waals surface area contributed by atoms with Crippen molar-refractivity contribution in [2.24, 2.45) is 29.1 Å². The van der Waals surface area contributed by atoms with Crippen LogP contribution >= 0.6 is 0 Å². The third-order valence-corrected chi connectivity index (χ3v) is 12.7. The molecule has 4 aliphatic rings. The lowest BCUT2D eigenvalue weighted by Crippen LogP contribution is -2.47. The number of benzene rings is 1. The molecule has 9 atom stereocenters. The van der Waals surface area contributed by atoms with E-state index >= 15 is 0 Å². The SMILES string of the molecule is CCC[C@@H](CCCCCCC=CC[C@@H]1Cc2cc(C)ccc2C2CC[C@@]3(C)C(CC[C@@H]3O)C21)C(=O)N1C(=O)N(C)[C@@H](C)[C@H]1C. The molecule has 44 heavy (non-hydrogen) atoms. The number of rotatable bonds is 12. The van der Waals surface area contributed by atoms with Crippen molar-refractivity contribution in [1.82, 2.24) is 9.80 Å². The number of hydrogen-bond donors (Lipinski definition) is 1. The Labute approximate surface area is 267 Å². The topological polar surface area (TPSA) is 60.9 Å². The van der Waals surface area contributed by atoms with Gasteiger partial charge >= 0.3 is 6.03 Å². The Kier molecular flexibility index (Phi) is 10.6. The molecule has 1 aliphatic heterocycles. The molecule has 1 heterocycles. The lowest BCUT2D eigenvalue weighted by molar-refractivity contribution is -0.133. The summed E-state index contributed by atoms with van der Waals surface area (Å²) in [6.07, 6.45) is 20.1. The first-order valence-corrected chi connectivity index (χ1v) is 18.1. The minimum absolute atomic E-state index is 0.0385. The van der Waals surface area contributed by atoms with Crippen LogP contribution in [0, 0.1) is 36.0 Å². The van der Waals surface area contributed by atoms with Gasteiger partial charge in [-0.3, -0.25) is 9.69 Å². The van der Waals surface area contributed by atoms with Gasteiger partial charge < -0.3 is 10.0 Å². The third kappa shape index (κ3) is 6.42. The van der Waals surface area contributed by atoms with Gasteiger partial charge in [0.05, 0.1) is 18.2 Å². The number of aryl methyl sites for hydroxylation is 1. The smallest absolute Gasteiger partial charge is 0.327 e. The summed E-state index contributed by atoms with van der Waals surface area (Å²) < 4.78 is 0. The van der Waals surface area contributed by atoms with Crippen molar-refractivity contribution in [2.75, 3.05) is 7.05 Å². The highest BCUT2D eigenvalue weighted by molar-refractivity contribution is 5.97. The van der Waals surface area contributed by atoms with Gasteiger partial charge in [0.1, 0.15) is 0 Å². The molecule has 5 heteroatoms. The molecule has 0 bridgehead atoms. The Morgan fingerprint density at radius 2 is 1.84 bits per heavy atom. The molecule has 5 rings (SSSR count). The van der Waals surface area contributed by atoms with Gasteiger partial charge in [0, 0.05) is 13.0 Å². The van der Waals surface area contributed by atoms with Crippen LogP contribution in [-0.4, -0.2) is 52.1 Å². The van der Waals surface area contributed by atoms with E-state index in [2.05, 4.69) is 51.1 Å². The fraction of sp³-hybridized carbons (Fsp3) is 0.744. The molecule has 1 aromatic carbocycles. The largest absolute Gasteiger partial charge is 0.393 e. The molecule has 2 saturated carbocycles. The molecular formula is C39H60N2O3. The average molecular weight is 605 g/mol. The zero-order valence-corrected chi connectivity index (χ0v) is 28.6. The van der Waals surface area contributed by atoms with Crippen LogP contribution in [0.1, 0.15) is 134 Å². The summed E-state index contributed by atoms with van der Waals surface area (Å²) in [5, 5.41) is 11.0. The van der Waals surface area contributed by atoms with Crippen LogP contribution < -0.4 is 0 Å². The number of likely N-dealkylation sites (N-methyl/N-ethyl adjacent to an activating group) is 1. The Morgan fingerprint density at radius 1 is 1.07 bits per heavy atom. The van der Waals surface area contributed by atoms with Crippen molar-refractivity contribution in [3.8, 4) is 0 Å². The molecule has 3 unspecified atom stereocenters. The molecule has 244 valence electrons. The zero-order valence-electron chi connectivity index (χ0n) is 28.6. The average Bonchev–Trinajstić information content (AvgIpc) is 3.41. The van der Waals surface area contributed by atoms with Crippen molar-refractivity contribution in [2.45, 2.75) is 149 Å². The molecule has 0 aromatic heterocycles. The maximum atomic E-state index is 13.3.